The normalized spacial score (nSPS) is 16.8. The molecule has 4 rings (SSSR count). The first-order valence-corrected chi connectivity index (χ1v) is 13.3. The van der Waals surface area contributed by atoms with Crippen molar-refractivity contribution >= 4 is 69.7 Å². The van der Waals surface area contributed by atoms with Gasteiger partial charge in [-0.05, 0) is 73.0 Å². The number of hydrogen-bond acceptors (Lipinski definition) is 6. The first-order chi connectivity index (χ1) is 17.3. The Balaban J connectivity index is 1.51. The van der Waals surface area contributed by atoms with E-state index in [1.54, 1.807) is 41.3 Å². The van der Waals surface area contributed by atoms with Crippen LogP contribution in [0.1, 0.15) is 30.9 Å². The summed E-state index contributed by atoms with van der Waals surface area (Å²) in [5, 5.41) is 0.662. The van der Waals surface area contributed by atoms with Crippen molar-refractivity contribution in [3.05, 3.63) is 61.4 Å². The van der Waals surface area contributed by atoms with E-state index in [-0.39, 0.29) is 29.0 Å². The zero-order valence-corrected chi connectivity index (χ0v) is 22.5. The molecule has 7 nitrogen and oxygen atoms in total. The average Bonchev–Trinajstić information content (AvgIpc) is 3.46. The van der Waals surface area contributed by atoms with Crippen LogP contribution < -0.4 is 9.47 Å². The maximum atomic E-state index is 12.9. The van der Waals surface area contributed by atoms with Crippen molar-refractivity contribution in [1.29, 1.82) is 0 Å². The van der Waals surface area contributed by atoms with Crippen LogP contribution in [-0.2, 0) is 16.2 Å². The molecule has 0 unspecified atom stereocenters. The van der Waals surface area contributed by atoms with Crippen LogP contribution in [-0.4, -0.2) is 53.1 Å². The summed E-state index contributed by atoms with van der Waals surface area (Å²) < 4.78 is 11.6. The molecule has 2 aliphatic rings. The number of benzene rings is 2. The van der Waals surface area contributed by atoms with Crippen LogP contribution in [0.4, 0.5) is 4.79 Å². The number of imide groups is 1. The van der Waals surface area contributed by atoms with Gasteiger partial charge in [0.15, 0.2) is 11.5 Å². The van der Waals surface area contributed by atoms with E-state index in [2.05, 4.69) is 0 Å². The first kappa shape index (κ1) is 26.7. The Bertz CT molecular complexity index is 1230. The topological polar surface area (TPSA) is 76.2 Å². The smallest absolute Gasteiger partial charge is 0.294 e. The number of halogens is 3. The Morgan fingerprint density at radius 1 is 1.03 bits per heavy atom. The largest absolute Gasteiger partial charge is 0.490 e. The van der Waals surface area contributed by atoms with Gasteiger partial charge in [0.1, 0.15) is 13.2 Å². The average molecular weight is 570 g/mol. The molecule has 2 saturated heterocycles. The molecule has 0 aliphatic carbocycles. The molecule has 36 heavy (non-hydrogen) atoms. The fourth-order valence-corrected chi connectivity index (χ4v) is 5.28. The lowest BCUT2D eigenvalue weighted by atomic mass is 10.1. The lowest BCUT2D eigenvalue weighted by Gasteiger charge is -2.18. The van der Waals surface area contributed by atoms with Gasteiger partial charge in [0.05, 0.1) is 26.6 Å². The fraction of sp³-hybridized carbons (Fsp3) is 0.320. The lowest BCUT2D eigenvalue weighted by Crippen LogP contribution is -2.40. The molecular formula is C25H23Cl3N2O5S. The van der Waals surface area contributed by atoms with Gasteiger partial charge in [-0.1, -0.05) is 40.9 Å². The number of likely N-dealkylation sites (tertiary alicyclic amines) is 1. The standard InChI is InChI=1S/C25H23Cl3N2O5S/c1-2-34-20-11-16(10-19(28)23(20)35-14-15-5-6-17(26)18(27)9-15)12-21-24(32)30(25(33)36-21)13-22(31)29-7-3-4-8-29/h5-6,9-12H,2-4,7-8,13-14H2,1H3/b21-12+. The first-order valence-electron chi connectivity index (χ1n) is 11.3. The zero-order valence-electron chi connectivity index (χ0n) is 19.4. The number of hydrogen-bond donors (Lipinski definition) is 0. The summed E-state index contributed by atoms with van der Waals surface area (Å²) in [6.45, 7) is 3.42. The predicted octanol–water partition coefficient (Wildman–Crippen LogP) is 6.28. The molecule has 0 radical (unpaired) electrons. The fourth-order valence-electron chi connectivity index (χ4n) is 3.85. The second-order valence-corrected chi connectivity index (χ2v) is 10.4. The summed E-state index contributed by atoms with van der Waals surface area (Å²) in [6.07, 6.45) is 3.43. The molecule has 2 aliphatic heterocycles. The van der Waals surface area contributed by atoms with Gasteiger partial charge in [0.2, 0.25) is 5.91 Å². The number of carbonyl (C=O) groups is 3. The SMILES string of the molecule is CCOc1cc(/C=C2/SC(=O)N(CC(=O)N3CCCC3)C2=O)cc(Cl)c1OCc1ccc(Cl)c(Cl)c1. The molecule has 3 amide bonds. The van der Waals surface area contributed by atoms with E-state index < -0.39 is 11.1 Å². The molecule has 0 aromatic heterocycles. The predicted molar refractivity (Wildman–Crippen MR) is 142 cm³/mol. The van der Waals surface area contributed by atoms with Gasteiger partial charge in [-0.25, -0.2) is 0 Å². The van der Waals surface area contributed by atoms with E-state index in [1.807, 2.05) is 6.92 Å². The van der Waals surface area contributed by atoms with Gasteiger partial charge in [0.25, 0.3) is 11.1 Å². The van der Waals surface area contributed by atoms with Gasteiger partial charge in [-0.2, -0.15) is 0 Å². The maximum absolute atomic E-state index is 12.9. The maximum Gasteiger partial charge on any atom is 0.294 e. The third kappa shape index (κ3) is 6.11. The van der Waals surface area contributed by atoms with Crippen molar-refractivity contribution in [2.24, 2.45) is 0 Å². The second-order valence-electron chi connectivity index (χ2n) is 8.16. The lowest BCUT2D eigenvalue weighted by molar-refractivity contribution is -0.135. The number of thioether (sulfide) groups is 1. The summed E-state index contributed by atoms with van der Waals surface area (Å²) in [4.78, 5) is 40.7. The van der Waals surface area contributed by atoms with Crippen LogP contribution in [0.2, 0.25) is 15.1 Å². The summed E-state index contributed by atoms with van der Waals surface area (Å²) in [5.41, 5.74) is 1.35. The summed E-state index contributed by atoms with van der Waals surface area (Å²) in [7, 11) is 0. The molecule has 2 aromatic carbocycles. The summed E-state index contributed by atoms with van der Waals surface area (Å²) in [6, 6.07) is 8.49. The van der Waals surface area contributed by atoms with E-state index in [9.17, 15) is 14.4 Å². The van der Waals surface area contributed by atoms with Crippen LogP contribution in [0.3, 0.4) is 0 Å². The molecule has 11 heteroatoms. The molecule has 2 aromatic rings. The highest BCUT2D eigenvalue weighted by Crippen LogP contribution is 2.40. The monoisotopic (exact) mass is 568 g/mol. The van der Waals surface area contributed by atoms with Gasteiger partial charge >= 0.3 is 0 Å². The molecule has 2 heterocycles. The minimum Gasteiger partial charge on any atom is -0.490 e. The van der Waals surface area contributed by atoms with Crippen molar-refractivity contribution in [2.75, 3.05) is 26.2 Å². The molecule has 0 bridgehead atoms. The number of ether oxygens (including phenoxy) is 2. The van der Waals surface area contributed by atoms with Crippen molar-refractivity contribution in [3.8, 4) is 11.5 Å². The minimum atomic E-state index is -0.508. The Hall–Kier alpha value is -2.39. The summed E-state index contributed by atoms with van der Waals surface area (Å²) in [5.74, 6) is -0.00132. The second kappa shape index (κ2) is 11.8. The molecular weight excluding hydrogens is 547 g/mol. The quantitative estimate of drug-likeness (QED) is 0.348. The van der Waals surface area contributed by atoms with E-state index in [0.717, 1.165) is 35.1 Å². The molecule has 0 atom stereocenters. The van der Waals surface area contributed by atoms with E-state index in [0.29, 0.717) is 46.8 Å². The van der Waals surface area contributed by atoms with Crippen molar-refractivity contribution in [2.45, 2.75) is 26.4 Å². The van der Waals surface area contributed by atoms with E-state index in [4.69, 9.17) is 44.3 Å². The summed E-state index contributed by atoms with van der Waals surface area (Å²) >= 11 is 19.4. The minimum absolute atomic E-state index is 0.181. The van der Waals surface area contributed by atoms with Gasteiger partial charge in [-0.15, -0.1) is 0 Å². The Labute approximate surface area is 228 Å². The third-order valence-corrected chi connectivity index (χ3v) is 7.55. The van der Waals surface area contributed by atoms with Gasteiger partial charge in [-0.3, -0.25) is 19.3 Å². The van der Waals surface area contributed by atoms with Gasteiger partial charge < -0.3 is 14.4 Å². The number of nitrogens with zero attached hydrogens (tertiary/aromatic N) is 2. The van der Waals surface area contributed by atoms with E-state index in [1.165, 1.54) is 0 Å². The van der Waals surface area contributed by atoms with Gasteiger partial charge in [0, 0.05) is 13.1 Å². The van der Waals surface area contributed by atoms with Crippen molar-refractivity contribution in [3.63, 3.8) is 0 Å². The van der Waals surface area contributed by atoms with Crippen LogP contribution >= 0.6 is 46.6 Å². The number of rotatable bonds is 8. The van der Waals surface area contributed by atoms with Crippen LogP contribution in [0, 0.1) is 0 Å². The van der Waals surface area contributed by atoms with Crippen molar-refractivity contribution < 1.29 is 23.9 Å². The number of amides is 3. The Morgan fingerprint density at radius 3 is 2.47 bits per heavy atom. The zero-order chi connectivity index (χ0) is 25.8. The number of carbonyl (C=O) groups excluding carboxylic acids is 3. The molecule has 0 spiro atoms. The van der Waals surface area contributed by atoms with Crippen LogP contribution in [0.25, 0.3) is 6.08 Å². The third-order valence-electron chi connectivity index (χ3n) is 5.62. The van der Waals surface area contributed by atoms with E-state index >= 15 is 0 Å². The van der Waals surface area contributed by atoms with Crippen molar-refractivity contribution in [1.82, 2.24) is 9.80 Å². The Morgan fingerprint density at radius 2 is 1.78 bits per heavy atom. The molecule has 0 saturated carbocycles. The molecule has 2 fully saturated rings. The van der Waals surface area contributed by atoms with Crippen LogP contribution in [0.5, 0.6) is 11.5 Å². The van der Waals surface area contributed by atoms with Crippen LogP contribution in [0.15, 0.2) is 35.2 Å². The Kier molecular flexibility index (Phi) is 8.72. The molecule has 0 N–H and O–H groups in total. The highest BCUT2D eigenvalue weighted by atomic mass is 35.5. The molecule has 190 valence electrons. The highest BCUT2D eigenvalue weighted by Gasteiger charge is 2.37. The highest BCUT2D eigenvalue weighted by molar-refractivity contribution is 8.18.